The molecule has 0 bridgehead atoms. The average molecular weight is 675 g/mol. The molecule has 1 amide bonds. The van der Waals surface area contributed by atoms with Crippen molar-refractivity contribution in [1.29, 1.82) is 0 Å². The molecule has 0 radical (unpaired) electrons. The molecule has 2 fully saturated rings. The molecule has 2 aliphatic heterocycles. The first-order valence-corrected chi connectivity index (χ1v) is 16.8. The number of nitrogens with zero attached hydrogens (tertiary/aromatic N) is 5. The van der Waals surface area contributed by atoms with Gasteiger partial charge in [-0.25, -0.2) is 14.4 Å². The molecule has 1 N–H and O–H groups in total. The highest BCUT2D eigenvalue weighted by molar-refractivity contribution is 6.06. The van der Waals surface area contributed by atoms with Crippen LogP contribution >= 0.6 is 0 Å². The van der Waals surface area contributed by atoms with Crippen molar-refractivity contribution in [2.75, 3.05) is 63.3 Å². The van der Waals surface area contributed by atoms with Crippen molar-refractivity contribution < 1.29 is 28.6 Å². The summed E-state index contributed by atoms with van der Waals surface area (Å²) in [5, 5.41) is 5.22. The third kappa shape index (κ3) is 7.64. The van der Waals surface area contributed by atoms with E-state index in [1.54, 1.807) is 11.1 Å². The molecule has 4 aromatic rings. The van der Waals surface area contributed by atoms with E-state index in [9.17, 15) is 14.4 Å². The van der Waals surface area contributed by atoms with Gasteiger partial charge in [0.25, 0.3) is 0 Å². The molecule has 2 aliphatic rings. The van der Waals surface area contributed by atoms with E-state index in [2.05, 4.69) is 47.2 Å². The Kier molecular flexibility index (Phi) is 10.5. The van der Waals surface area contributed by atoms with Crippen molar-refractivity contribution in [3.05, 3.63) is 59.9 Å². The number of piperazine rings is 2. The van der Waals surface area contributed by atoms with Crippen LogP contribution < -0.4 is 15.1 Å². The number of aryl methyl sites for hydroxylation is 2. The Bertz CT molecular complexity index is 1840. The molecule has 2 atom stereocenters. The highest BCUT2D eigenvalue weighted by atomic mass is 16.6. The van der Waals surface area contributed by atoms with Crippen molar-refractivity contribution in [2.45, 2.75) is 52.3 Å². The second-order valence-corrected chi connectivity index (χ2v) is 13.9. The number of rotatable bonds is 4. The van der Waals surface area contributed by atoms with E-state index in [1.807, 2.05) is 68.4 Å². The molecule has 0 spiro atoms. The maximum Gasteiger partial charge on any atom is 0.410 e. The molecule has 0 unspecified atom stereocenters. The number of carbonyl (C=O) groups is 3. The number of aromatic nitrogens is 2. The maximum absolute atomic E-state index is 12.4. The lowest BCUT2D eigenvalue weighted by Gasteiger charge is -2.41. The standard InChI is InChI=1S/C21H29N3O4.C16H21N3O2/c1-14-12-23(20(26)28-21(2,3)4)9-10-24(14)15-7-8-16-17(19(25)27-6)13-22(5)18(16)11-15;1-11-9-17-6-7-19(11)12-4-5-13-14(16(20)21-3)10-18(2)15(13)8-12/h7-8,11,13-14H,9-10,12H2,1-6H3;4-5,8,10-11,17H,6-7,9H2,1-3H3/t14-;11-/m11/s1. The quantitative estimate of drug-likeness (QED) is 0.232. The van der Waals surface area contributed by atoms with Crippen LogP contribution in [0.1, 0.15) is 55.3 Å². The molecule has 4 heterocycles. The van der Waals surface area contributed by atoms with Crippen molar-refractivity contribution in [3.8, 4) is 0 Å². The van der Waals surface area contributed by atoms with Crippen LogP contribution in [0.2, 0.25) is 0 Å². The minimum atomic E-state index is -0.494. The Balaban J connectivity index is 0.000000199. The molecule has 49 heavy (non-hydrogen) atoms. The minimum absolute atomic E-state index is 0.152. The van der Waals surface area contributed by atoms with Crippen LogP contribution in [0.25, 0.3) is 21.8 Å². The van der Waals surface area contributed by atoms with Gasteiger partial charge in [0.1, 0.15) is 5.60 Å². The number of anilines is 2. The first-order chi connectivity index (χ1) is 23.2. The van der Waals surface area contributed by atoms with Gasteiger partial charge in [-0.15, -0.1) is 0 Å². The fourth-order valence-electron chi connectivity index (χ4n) is 6.71. The Hall–Kier alpha value is -4.71. The molecule has 0 aliphatic carbocycles. The lowest BCUT2D eigenvalue weighted by atomic mass is 10.1. The molecular weight excluding hydrogens is 624 g/mol. The largest absolute Gasteiger partial charge is 0.465 e. The highest BCUT2D eigenvalue weighted by Crippen LogP contribution is 2.30. The van der Waals surface area contributed by atoms with Gasteiger partial charge in [0.2, 0.25) is 0 Å². The summed E-state index contributed by atoms with van der Waals surface area (Å²) in [6.45, 7) is 14.9. The third-order valence-corrected chi connectivity index (χ3v) is 9.20. The van der Waals surface area contributed by atoms with E-state index in [1.165, 1.54) is 19.9 Å². The fraction of sp³-hybridized carbons (Fsp3) is 0.486. The third-order valence-electron chi connectivity index (χ3n) is 9.20. The van der Waals surface area contributed by atoms with E-state index in [-0.39, 0.29) is 24.1 Å². The number of nitrogens with one attached hydrogen (secondary N) is 1. The maximum atomic E-state index is 12.4. The normalized spacial score (nSPS) is 18.3. The molecule has 12 heteroatoms. The van der Waals surface area contributed by atoms with Crippen LogP contribution in [0.3, 0.4) is 0 Å². The topological polar surface area (TPSA) is 111 Å². The Morgan fingerprint density at radius 2 is 1.27 bits per heavy atom. The lowest BCUT2D eigenvalue weighted by Crippen LogP contribution is -2.54. The van der Waals surface area contributed by atoms with Crippen molar-refractivity contribution in [3.63, 3.8) is 0 Å². The van der Waals surface area contributed by atoms with Crippen LogP contribution in [0, 0.1) is 0 Å². The minimum Gasteiger partial charge on any atom is -0.465 e. The second kappa shape index (κ2) is 14.4. The number of hydrogen-bond acceptors (Lipinski definition) is 9. The summed E-state index contributed by atoms with van der Waals surface area (Å²) >= 11 is 0. The summed E-state index contributed by atoms with van der Waals surface area (Å²) in [5.41, 5.74) is 4.99. The predicted octanol–water partition coefficient (Wildman–Crippen LogP) is 5.17. The van der Waals surface area contributed by atoms with Gasteiger partial charge in [0.15, 0.2) is 0 Å². The van der Waals surface area contributed by atoms with Crippen molar-refractivity contribution in [1.82, 2.24) is 19.4 Å². The molecule has 6 rings (SSSR count). The SMILES string of the molecule is COC(=O)c1cn(C)c2cc(N3CCN(C(=O)OC(C)(C)C)C[C@H]3C)ccc12.COC(=O)c1cn(C)c2cc(N3CCNC[C@H]3C)ccc12. The second-order valence-electron chi connectivity index (χ2n) is 13.9. The summed E-state index contributed by atoms with van der Waals surface area (Å²) in [7, 11) is 6.68. The van der Waals surface area contributed by atoms with Gasteiger partial charge in [-0.3, -0.25) is 0 Å². The zero-order valence-corrected chi connectivity index (χ0v) is 30.2. The molecule has 264 valence electrons. The number of benzene rings is 2. The number of hydrogen-bond donors (Lipinski definition) is 1. The Labute approximate surface area is 288 Å². The van der Waals surface area contributed by atoms with E-state index in [0.717, 1.165) is 53.7 Å². The van der Waals surface area contributed by atoms with E-state index < -0.39 is 5.60 Å². The van der Waals surface area contributed by atoms with Crippen molar-refractivity contribution in [2.24, 2.45) is 14.1 Å². The van der Waals surface area contributed by atoms with E-state index in [0.29, 0.717) is 30.3 Å². The lowest BCUT2D eigenvalue weighted by molar-refractivity contribution is 0.0218. The summed E-state index contributed by atoms with van der Waals surface area (Å²) in [5.74, 6) is -0.624. The molecule has 0 saturated carbocycles. The monoisotopic (exact) mass is 674 g/mol. The zero-order chi connectivity index (χ0) is 35.6. The zero-order valence-electron chi connectivity index (χ0n) is 30.2. The molecule has 2 aromatic carbocycles. The van der Waals surface area contributed by atoms with Gasteiger partial charge in [0.05, 0.1) is 36.4 Å². The summed E-state index contributed by atoms with van der Waals surface area (Å²) in [4.78, 5) is 42.6. The van der Waals surface area contributed by atoms with Gasteiger partial charge < -0.3 is 43.4 Å². The molecule has 2 aromatic heterocycles. The first-order valence-electron chi connectivity index (χ1n) is 16.8. The van der Waals surface area contributed by atoms with Gasteiger partial charge in [-0.05, 0) is 71.0 Å². The van der Waals surface area contributed by atoms with Crippen LogP contribution in [0.5, 0.6) is 0 Å². The first kappa shape index (κ1) is 35.6. The number of carbonyl (C=O) groups excluding carboxylic acids is 3. The van der Waals surface area contributed by atoms with Crippen LogP contribution in [-0.4, -0.2) is 103 Å². The summed E-state index contributed by atoms with van der Waals surface area (Å²) < 4.78 is 19.1. The molecule has 2 saturated heterocycles. The number of esters is 2. The number of methoxy groups -OCH3 is 2. The molecule has 12 nitrogen and oxygen atoms in total. The van der Waals surface area contributed by atoms with Crippen molar-refractivity contribution >= 4 is 51.2 Å². The van der Waals surface area contributed by atoms with Gasteiger partial charge >= 0.3 is 18.0 Å². The van der Waals surface area contributed by atoms with Gasteiger partial charge in [-0.2, -0.15) is 0 Å². The Morgan fingerprint density at radius 3 is 1.71 bits per heavy atom. The van der Waals surface area contributed by atoms with Crippen LogP contribution in [-0.2, 0) is 28.3 Å². The van der Waals surface area contributed by atoms with Crippen LogP contribution in [0.15, 0.2) is 48.8 Å². The summed E-state index contributed by atoms with van der Waals surface area (Å²) in [6.07, 6.45) is 3.37. The Morgan fingerprint density at radius 1 is 0.755 bits per heavy atom. The highest BCUT2D eigenvalue weighted by Gasteiger charge is 2.30. The predicted molar refractivity (Wildman–Crippen MR) is 193 cm³/mol. The van der Waals surface area contributed by atoms with Crippen LogP contribution in [0.4, 0.5) is 16.2 Å². The number of fused-ring (bicyclic) bond motifs is 2. The van der Waals surface area contributed by atoms with Gasteiger partial charge in [-0.1, -0.05) is 0 Å². The summed E-state index contributed by atoms with van der Waals surface area (Å²) in [6, 6.07) is 13.0. The molecular formula is C37H50N6O6. The fourth-order valence-corrected chi connectivity index (χ4v) is 6.71. The number of amides is 1. The average Bonchev–Trinajstić information content (AvgIpc) is 3.59. The number of ether oxygens (including phenoxy) is 3. The smallest absolute Gasteiger partial charge is 0.410 e. The van der Waals surface area contributed by atoms with E-state index >= 15 is 0 Å². The van der Waals surface area contributed by atoms with Gasteiger partial charge in [0, 0.05) is 100.0 Å². The van der Waals surface area contributed by atoms with E-state index in [4.69, 9.17) is 14.2 Å².